The number of nitrogens with zero attached hydrogens (tertiary/aromatic N) is 1. The molecule has 210 valence electrons. The number of carboxylic acids is 1. The van der Waals surface area contributed by atoms with Crippen LogP contribution in [0.2, 0.25) is 0 Å². The van der Waals surface area contributed by atoms with Crippen molar-refractivity contribution in [2.75, 3.05) is 5.75 Å². The summed E-state index contributed by atoms with van der Waals surface area (Å²) >= 11 is 1.23. The number of aliphatic carboxylic acids is 1. The van der Waals surface area contributed by atoms with Crippen molar-refractivity contribution >= 4 is 35.6 Å². The molecule has 3 N–H and O–H groups in total. The van der Waals surface area contributed by atoms with Crippen LogP contribution >= 0.6 is 11.8 Å². The first-order valence-electron chi connectivity index (χ1n) is 12.8. The van der Waals surface area contributed by atoms with Crippen molar-refractivity contribution < 1.29 is 33.8 Å². The van der Waals surface area contributed by atoms with Gasteiger partial charge >= 0.3 is 12.1 Å². The molecule has 0 aromatic heterocycles. The number of nitrogens with one attached hydrogen (secondary N) is 2. The molecule has 3 aromatic carbocycles. The van der Waals surface area contributed by atoms with Crippen molar-refractivity contribution in [1.82, 2.24) is 15.5 Å². The number of benzene rings is 3. The van der Waals surface area contributed by atoms with Gasteiger partial charge < -0.3 is 19.9 Å². The van der Waals surface area contributed by atoms with Gasteiger partial charge in [-0.3, -0.25) is 19.8 Å². The van der Waals surface area contributed by atoms with Gasteiger partial charge in [-0.2, -0.15) is 0 Å². The molecule has 3 aromatic rings. The molecular formula is C30H27N3O7S. The van der Waals surface area contributed by atoms with Crippen molar-refractivity contribution in [2.24, 2.45) is 0 Å². The number of carbonyl (C=O) groups excluding carboxylic acids is 3. The van der Waals surface area contributed by atoms with Crippen molar-refractivity contribution in [3.63, 3.8) is 0 Å². The summed E-state index contributed by atoms with van der Waals surface area (Å²) in [4.78, 5) is 52.1. The van der Waals surface area contributed by atoms with E-state index in [1.165, 1.54) is 11.8 Å². The van der Waals surface area contributed by atoms with Gasteiger partial charge in [0.1, 0.15) is 18.0 Å². The van der Waals surface area contributed by atoms with E-state index in [0.29, 0.717) is 5.56 Å². The Kier molecular flexibility index (Phi) is 8.66. The largest absolute Gasteiger partial charge is 0.477 e. The Labute approximate surface area is 240 Å². The van der Waals surface area contributed by atoms with Crippen LogP contribution < -0.4 is 10.6 Å². The molecule has 1 fully saturated rings. The first-order valence-corrected chi connectivity index (χ1v) is 13.9. The Morgan fingerprint density at radius 3 is 2.10 bits per heavy atom. The summed E-state index contributed by atoms with van der Waals surface area (Å²) in [6.07, 6.45) is -1.82. The van der Waals surface area contributed by atoms with E-state index in [2.05, 4.69) is 10.6 Å². The molecule has 5 rings (SSSR count). The number of rotatable bonds is 10. The Balaban J connectivity index is 1.26. The number of hydrogen-bond acceptors (Lipinski definition) is 7. The minimum absolute atomic E-state index is 0.00377. The summed E-state index contributed by atoms with van der Waals surface area (Å²) in [5, 5.41) is 14.5. The maximum absolute atomic E-state index is 13.4. The molecule has 0 bridgehead atoms. The number of carboxylic acid groups (broad SMARTS) is 1. The summed E-state index contributed by atoms with van der Waals surface area (Å²) in [6, 6.07) is 26.4. The van der Waals surface area contributed by atoms with Crippen LogP contribution in [-0.4, -0.2) is 51.1 Å². The predicted octanol–water partition coefficient (Wildman–Crippen LogP) is 3.57. The maximum Gasteiger partial charge on any atom is 0.411 e. The monoisotopic (exact) mass is 573 g/mol. The molecule has 2 aliphatic rings. The van der Waals surface area contributed by atoms with E-state index in [9.17, 15) is 24.3 Å². The van der Waals surface area contributed by atoms with Crippen molar-refractivity contribution in [3.8, 4) is 0 Å². The summed E-state index contributed by atoms with van der Waals surface area (Å²) < 4.78 is 11.2. The number of amides is 3. The molecule has 2 unspecified atom stereocenters. The third-order valence-corrected chi connectivity index (χ3v) is 7.81. The van der Waals surface area contributed by atoms with E-state index in [-0.39, 0.29) is 30.4 Å². The second kappa shape index (κ2) is 12.7. The molecule has 11 heteroatoms. The van der Waals surface area contributed by atoms with Gasteiger partial charge in [-0.25, -0.2) is 9.59 Å². The Morgan fingerprint density at radius 1 is 0.902 bits per heavy atom. The Hall–Kier alpha value is -4.61. The highest BCUT2D eigenvalue weighted by atomic mass is 32.2. The standard InChI is InChI=1S/C30H27N3O7S/c34-26(25(21-14-8-3-9-15-21)39-16-19-10-4-1-5-11-19)32-23-27(35)33-24(29(36)37)22(18-41-28(23)33)31-30(38)40-17-20-12-6-2-7-13-20/h1-15,23,25,28H,16-18H2,(H,31,38)(H,32,34)(H,36,37)/t23?,25?,28-/m0/s1. The summed E-state index contributed by atoms with van der Waals surface area (Å²) in [5.74, 6) is -2.39. The Morgan fingerprint density at radius 2 is 1.49 bits per heavy atom. The second-order valence-electron chi connectivity index (χ2n) is 9.30. The number of thioether (sulfide) groups is 1. The molecule has 10 nitrogen and oxygen atoms in total. The van der Waals surface area contributed by atoms with E-state index in [4.69, 9.17) is 9.47 Å². The lowest BCUT2D eigenvalue weighted by Crippen LogP contribution is -2.71. The van der Waals surface area contributed by atoms with E-state index in [1.807, 2.05) is 54.6 Å². The fourth-order valence-electron chi connectivity index (χ4n) is 4.53. The molecule has 2 aliphatic heterocycles. The average molecular weight is 574 g/mol. The number of alkyl carbamates (subject to hydrolysis) is 1. The predicted molar refractivity (Wildman–Crippen MR) is 150 cm³/mol. The van der Waals surface area contributed by atoms with Gasteiger partial charge in [0.2, 0.25) is 0 Å². The van der Waals surface area contributed by atoms with E-state index in [0.717, 1.165) is 16.0 Å². The highest BCUT2D eigenvalue weighted by Gasteiger charge is 2.55. The van der Waals surface area contributed by atoms with Gasteiger partial charge in [0.25, 0.3) is 11.8 Å². The molecule has 0 aliphatic carbocycles. The zero-order valence-corrected chi connectivity index (χ0v) is 22.6. The lowest BCUT2D eigenvalue weighted by molar-refractivity contribution is -0.152. The average Bonchev–Trinajstić information content (AvgIpc) is 3.00. The smallest absolute Gasteiger partial charge is 0.411 e. The van der Waals surface area contributed by atoms with Crippen LogP contribution in [0, 0.1) is 0 Å². The van der Waals surface area contributed by atoms with Gasteiger partial charge in [-0.1, -0.05) is 91.0 Å². The number of ether oxygens (including phenoxy) is 2. The maximum atomic E-state index is 13.4. The van der Waals surface area contributed by atoms with E-state index < -0.39 is 41.4 Å². The minimum Gasteiger partial charge on any atom is -0.477 e. The molecule has 0 spiro atoms. The van der Waals surface area contributed by atoms with Crippen molar-refractivity contribution in [2.45, 2.75) is 30.7 Å². The molecule has 0 saturated carbocycles. The highest BCUT2D eigenvalue weighted by molar-refractivity contribution is 8.00. The normalized spacial score (nSPS) is 18.5. The SMILES string of the molecule is O=C(NC1=C(C(=O)O)N2C(=O)C(NC(=O)C(OCc3ccccc3)c3ccccc3)[C@@H]2SC1)OCc1ccccc1. The van der Waals surface area contributed by atoms with Crippen LogP contribution in [0.25, 0.3) is 0 Å². The molecule has 41 heavy (non-hydrogen) atoms. The second-order valence-corrected chi connectivity index (χ2v) is 10.4. The van der Waals surface area contributed by atoms with Gasteiger partial charge in [-0.15, -0.1) is 11.8 Å². The van der Waals surface area contributed by atoms with Crippen LogP contribution in [0.15, 0.2) is 102 Å². The van der Waals surface area contributed by atoms with Gasteiger partial charge in [0, 0.05) is 5.75 Å². The topological polar surface area (TPSA) is 134 Å². The van der Waals surface area contributed by atoms with Crippen LogP contribution in [0.1, 0.15) is 22.8 Å². The third-order valence-electron chi connectivity index (χ3n) is 6.53. The molecule has 0 radical (unpaired) electrons. The summed E-state index contributed by atoms with van der Waals surface area (Å²) in [6.45, 7) is 0.182. The zero-order valence-electron chi connectivity index (χ0n) is 21.8. The van der Waals surface area contributed by atoms with Gasteiger partial charge in [0.15, 0.2) is 11.8 Å². The number of fused-ring (bicyclic) bond motifs is 1. The number of hydrogen-bond donors (Lipinski definition) is 3. The minimum atomic E-state index is -1.37. The lowest BCUT2D eigenvalue weighted by Gasteiger charge is -2.49. The zero-order chi connectivity index (χ0) is 28.8. The van der Waals surface area contributed by atoms with Crippen molar-refractivity contribution in [3.05, 3.63) is 119 Å². The highest BCUT2D eigenvalue weighted by Crippen LogP contribution is 2.40. The van der Waals surface area contributed by atoms with Crippen molar-refractivity contribution in [1.29, 1.82) is 0 Å². The van der Waals surface area contributed by atoms with Crippen LogP contribution in [-0.2, 0) is 37.1 Å². The van der Waals surface area contributed by atoms with Crippen LogP contribution in [0.3, 0.4) is 0 Å². The fraction of sp³-hybridized carbons (Fsp3) is 0.200. The van der Waals surface area contributed by atoms with Gasteiger partial charge in [0.05, 0.1) is 12.3 Å². The number of carbonyl (C=O) groups is 4. The first kappa shape index (κ1) is 27.9. The quantitative estimate of drug-likeness (QED) is 0.314. The molecular weight excluding hydrogens is 546 g/mol. The molecule has 3 atom stereocenters. The van der Waals surface area contributed by atoms with E-state index in [1.54, 1.807) is 36.4 Å². The molecule has 3 amide bonds. The summed E-state index contributed by atoms with van der Waals surface area (Å²) in [7, 11) is 0. The fourth-order valence-corrected chi connectivity index (χ4v) is 5.81. The summed E-state index contributed by atoms with van der Waals surface area (Å²) in [5.41, 5.74) is 1.97. The Bertz CT molecular complexity index is 1450. The lowest BCUT2D eigenvalue weighted by atomic mass is 10.0. The molecule has 1 saturated heterocycles. The molecule has 2 heterocycles. The van der Waals surface area contributed by atoms with Gasteiger partial charge in [-0.05, 0) is 16.7 Å². The first-order chi connectivity index (χ1) is 19.9. The number of β-lactam (4-membered cyclic amide) rings is 1. The van der Waals surface area contributed by atoms with Crippen LogP contribution in [0.4, 0.5) is 4.79 Å². The van der Waals surface area contributed by atoms with Crippen LogP contribution in [0.5, 0.6) is 0 Å². The van der Waals surface area contributed by atoms with E-state index >= 15 is 0 Å². The third kappa shape index (κ3) is 6.42.